The van der Waals surface area contributed by atoms with Gasteiger partial charge in [0.25, 0.3) is 0 Å². The third kappa shape index (κ3) is 2.48. The summed E-state index contributed by atoms with van der Waals surface area (Å²) >= 11 is 0. The summed E-state index contributed by atoms with van der Waals surface area (Å²) in [6.07, 6.45) is 3.03. The van der Waals surface area contributed by atoms with Crippen LogP contribution in [0.4, 0.5) is 0 Å². The molecule has 2 N–H and O–H groups in total. The first-order chi connectivity index (χ1) is 5.36. The third-order valence-electron chi connectivity index (χ3n) is 1.61. The van der Waals surface area contributed by atoms with E-state index in [9.17, 15) is 0 Å². The van der Waals surface area contributed by atoms with E-state index >= 15 is 0 Å². The number of rotatable bonds is 4. The van der Waals surface area contributed by atoms with E-state index in [1.165, 1.54) is 0 Å². The number of hydrogen-bond acceptors (Lipinski definition) is 4. The maximum absolute atomic E-state index is 5.04. The molecule has 1 aliphatic heterocycles. The van der Waals surface area contributed by atoms with Gasteiger partial charge in [-0.05, 0) is 6.42 Å². The molecule has 0 fully saturated rings. The first kappa shape index (κ1) is 8.49. The molecule has 0 aromatic heterocycles. The third-order valence-corrected chi connectivity index (χ3v) is 1.61. The SMILES string of the molecule is CCCC1=NOC(CON)C1. The molecule has 0 bridgehead atoms. The number of hydrogen-bond donors (Lipinski definition) is 1. The molecule has 64 valence electrons. The van der Waals surface area contributed by atoms with Gasteiger partial charge < -0.3 is 9.68 Å². The van der Waals surface area contributed by atoms with Gasteiger partial charge in [0.2, 0.25) is 0 Å². The van der Waals surface area contributed by atoms with Gasteiger partial charge in [-0.15, -0.1) is 0 Å². The van der Waals surface area contributed by atoms with Crippen molar-refractivity contribution in [3.8, 4) is 0 Å². The van der Waals surface area contributed by atoms with Gasteiger partial charge in [0.15, 0.2) is 6.10 Å². The van der Waals surface area contributed by atoms with Gasteiger partial charge in [0.05, 0.1) is 5.71 Å². The van der Waals surface area contributed by atoms with Gasteiger partial charge >= 0.3 is 0 Å². The smallest absolute Gasteiger partial charge is 0.158 e. The Hall–Kier alpha value is -0.610. The van der Waals surface area contributed by atoms with Gasteiger partial charge in [-0.1, -0.05) is 18.5 Å². The van der Waals surface area contributed by atoms with Crippen LogP contribution in [0.5, 0.6) is 0 Å². The van der Waals surface area contributed by atoms with Crippen molar-refractivity contribution in [3.63, 3.8) is 0 Å². The summed E-state index contributed by atoms with van der Waals surface area (Å²) < 4.78 is 0. The number of nitrogens with zero attached hydrogens (tertiary/aromatic N) is 1. The van der Waals surface area contributed by atoms with Crippen molar-refractivity contribution in [1.82, 2.24) is 0 Å². The standard InChI is InChI=1S/C7H14N2O2/c1-2-3-6-4-7(5-10-8)11-9-6/h7H,2-5,8H2,1H3. The van der Waals surface area contributed by atoms with E-state index in [1.54, 1.807) is 0 Å². The molecule has 1 atom stereocenters. The molecule has 1 rings (SSSR count). The van der Waals surface area contributed by atoms with E-state index in [4.69, 9.17) is 10.7 Å². The highest BCUT2D eigenvalue weighted by atomic mass is 16.7. The first-order valence-electron chi connectivity index (χ1n) is 3.90. The fourth-order valence-electron chi connectivity index (χ4n) is 1.12. The van der Waals surface area contributed by atoms with E-state index in [1.807, 2.05) is 0 Å². The molecule has 0 amide bonds. The van der Waals surface area contributed by atoms with Crippen LogP contribution >= 0.6 is 0 Å². The van der Waals surface area contributed by atoms with Crippen molar-refractivity contribution in [2.24, 2.45) is 11.1 Å². The first-order valence-corrected chi connectivity index (χ1v) is 3.90. The Balaban J connectivity index is 2.19. The minimum atomic E-state index is 0.0431. The lowest BCUT2D eigenvalue weighted by atomic mass is 10.1. The van der Waals surface area contributed by atoms with Gasteiger partial charge in [-0.25, -0.2) is 5.90 Å². The van der Waals surface area contributed by atoms with E-state index in [0.29, 0.717) is 6.61 Å². The molecule has 1 unspecified atom stereocenters. The van der Waals surface area contributed by atoms with Gasteiger partial charge in [-0.2, -0.15) is 0 Å². The fraction of sp³-hybridized carbons (Fsp3) is 0.857. The second-order valence-electron chi connectivity index (χ2n) is 2.67. The van der Waals surface area contributed by atoms with E-state index in [2.05, 4.69) is 16.9 Å². The molecule has 0 spiro atoms. The zero-order valence-electron chi connectivity index (χ0n) is 6.75. The Morgan fingerprint density at radius 3 is 3.27 bits per heavy atom. The van der Waals surface area contributed by atoms with Crippen LogP contribution in [0, 0.1) is 0 Å². The molecular formula is C7H14N2O2. The van der Waals surface area contributed by atoms with Gasteiger partial charge in [-0.3, -0.25) is 0 Å². The minimum absolute atomic E-state index is 0.0431. The van der Waals surface area contributed by atoms with Crippen LogP contribution in [0.1, 0.15) is 26.2 Å². The topological polar surface area (TPSA) is 56.8 Å². The van der Waals surface area contributed by atoms with Gasteiger partial charge in [0, 0.05) is 6.42 Å². The summed E-state index contributed by atoms with van der Waals surface area (Å²) in [5, 5.41) is 3.91. The minimum Gasteiger partial charge on any atom is -0.390 e. The lowest BCUT2D eigenvalue weighted by Gasteiger charge is -2.03. The second-order valence-corrected chi connectivity index (χ2v) is 2.67. The van der Waals surface area contributed by atoms with Crippen molar-refractivity contribution < 1.29 is 9.68 Å². The highest BCUT2D eigenvalue weighted by Crippen LogP contribution is 2.13. The summed E-state index contributed by atoms with van der Waals surface area (Å²) in [6, 6.07) is 0. The quantitative estimate of drug-likeness (QED) is 0.616. The molecule has 0 aromatic carbocycles. The molecular weight excluding hydrogens is 144 g/mol. The predicted molar refractivity (Wildman–Crippen MR) is 42.0 cm³/mol. The van der Waals surface area contributed by atoms with Crippen molar-refractivity contribution in [3.05, 3.63) is 0 Å². The zero-order chi connectivity index (χ0) is 8.10. The Labute approximate surface area is 66.3 Å². The molecule has 4 nitrogen and oxygen atoms in total. The summed E-state index contributed by atoms with van der Waals surface area (Å²) in [6.45, 7) is 2.55. The van der Waals surface area contributed by atoms with E-state index in [-0.39, 0.29) is 6.10 Å². The Kier molecular flexibility index (Phi) is 3.32. The lowest BCUT2D eigenvalue weighted by Crippen LogP contribution is -2.18. The molecule has 0 aromatic rings. The average Bonchev–Trinajstić information content (AvgIpc) is 2.38. The fourth-order valence-corrected chi connectivity index (χ4v) is 1.12. The van der Waals surface area contributed by atoms with E-state index in [0.717, 1.165) is 25.0 Å². The van der Waals surface area contributed by atoms with Crippen LogP contribution < -0.4 is 5.90 Å². The second kappa shape index (κ2) is 4.31. The predicted octanol–water partition coefficient (Wildman–Crippen LogP) is 0.822. The molecule has 0 saturated carbocycles. The number of nitrogens with two attached hydrogens (primary N) is 1. The summed E-state index contributed by atoms with van der Waals surface area (Å²) in [5.41, 5.74) is 1.12. The van der Waals surface area contributed by atoms with Crippen molar-refractivity contribution >= 4 is 5.71 Å². The summed E-state index contributed by atoms with van der Waals surface area (Å²) in [5.74, 6) is 4.90. The highest BCUT2D eigenvalue weighted by Gasteiger charge is 2.19. The van der Waals surface area contributed by atoms with Crippen LogP contribution in [0.2, 0.25) is 0 Å². The van der Waals surface area contributed by atoms with Crippen LogP contribution in [0.25, 0.3) is 0 Å². The lowest BCUT2D eigenvalue weighted by molar-refractivity contribution is 0.00234. The average molecular weight is 158 g/mol. The Morgan fingerprint density at radius 2 is 2.64 bits per heavy atom. The van der Waals surface area contributed by atoms with Crippen LogP contribution in [-0.2, 0) is 9.68 Å². The monoisotopic (exact) mass is 158 g/mol. The molecule has 0 aliphatic carbocycles. The van der Waals surface area contributed by atoms with Crippen molar-refractivity contribution in [2.75, 3.05) is 6.61 Å². The normalized spacial score (nSPS) is 23.1. The molecule has 4 heteroatoms. The largest absolute Gasteiger partial charge is 0.390 e. The van der Waals surface area contributed by atoms with Crippen molar-refractivity contribution in [1.29, 1.82) is 0 Å². The summed E-state index contributed by atoms with van der Waals surface area (Å²) in [4.78, 5) is 9.50. The molecule has 1 aliphatic rings. The zero-order valence-corrected chi connectivity index (χ0v) is 6.75. The highest BCUT2D eigenvalue weighted by molar-refractivity contribution is 5.85. The summed E-state index contributed by atoms with van der Waals surface area (Å²) in [7, 11) is 0. The molecule has 11 heavy (non-hydrogen) atoms. The van der Waals surface area contributed by atoms with E-state index < -0.39 is 0 Å². The van der Waals surface area contributed by atoms with Crippen molar-refractivity contribution in [2.45, 2.75) is 32.3 Å². The molecule has 1 heterocycles. The number of oxime groups is 1. The van der Waals surface area contributed by atoms with Crippen LogP contribution in [-0.4, -0.2) is 18.4 Å². The maximum Gasteiger partial charge on any atom is 0.158 e. The van der Waals surface area contributed by atoms with Crippen LogP contribution in [0.3, 0.4) is 0 Å². The maximum atomic E-state index is 5.04. The molecule has 0 saturated heterocycles. The van der Waals surface area contributed by atoms with Gasteiger partial charge in [0.1, 0.15) is 6.61 Å². The molecule has 0 radical (unpaired) electrons. The Bertz CT molecular complexity index is 147. The van der Waals surface area contributed by atoms with Crippen LogP contribution in [0.15, 0.2) is 5.16 Å². The Morgan fingerprint density at radius 1 is 1.82 bits per heavy atom.